The molecule has 1 aromatic rings. The molecule has 1 N–H and O–H groups in total. The van der Waals surface area contributed by atoms with Gasteiger partial charge in [-0.1, -0.05) is 6.07 Å². The minimum atomic E-state index is -0.537. The van der Waals surface area contributed by atoms with Gasteiger partial charge in [-0.15, -0.1) is 0 Å². The molecule has 5 heteroatoms. The standard InChI is InChI=1S/C13H18BrNO3/c1-9-4-5-12(11(14)6-9)18-8-13(17)15(3)7-10(2)16/h4-6,10,16H,7-8H2,1-3H3. The van der Waals surface area contributed by atoms with Gasteiger partial charge in [-0.2, -0.15) is 0 Å². The Hall–Kier alpha value is -1.07. The zero-order chi connectivity index (χ0) is 13.7. The molecule has 0 bridgehead atoms. The molecule has 0 aliphatic carbocycles. The van der Waals surface area contributed by atoms with E-state index in [0.29, 0.717) is 12.3 Å². The van der Waals surface area contributed by atoms with Gasteiger partial charge in [0.2, 0.25) is 0 Å². The molecule has 0 aliphatic heterocycles. The van der Waals surface area contributed by atoms with Crippen LogP contribution in [0.25, 0.3) is 0 Å². The Bertz CT molecular complexity index is 421. The van der Waals surface area contributed by atoms with Crippen LogP contribution in [0.15, 0.2) is 22.7 Å². The lowest BCUT2D eigenvalue weighted by Crippen LogP contribution is -2.36. The Labute approximate surface area is 116 Å². The molecule has 1 unspecified atom stereocenters. The van der Waals surface area contributed by atoms with E-state index in [0.717, 1.165) is 10.0 Å². The lowest BCUT2D eigenvalue weighted by Gasteiger charge is -2.19. The second-order valence-electron chi connectivity index (χ2n) is 4.35. The minimum Gasteiger partial charge on any atom is -0.483 e. The Balaban J connectivity index is 2.52. The number of aliphatic hydroxyl groups is 1. The SMILES string of the molecule is Cc1ccc(OCC(=O)N(C)CC(C)O)c(Br)c1. The third-order valence-electron chi connectivity index (χ3n) is 2.40. The molecule has 0 spiro atoms. The number of benzene rings is 1. The first-order valence-electron chi connectivity index (χ1n) is 5.71. The Morgan fingerprint density at radius 1 is 1.56 bits per heavy atom. The van der Waals surface area contributed by atoms with E-state index < -0.39 is 6.10 Å². The summed E-state index contributed by atoms with van der Waals surface area (Å²) >= 11 is 3.38. The normalized spacial score (nSPS) is 12.1. The van der Waals surface area contributed by atoms with Gasteiger partial charge in [-0.3, -0.25) is 4.79 Å². The molecule has 4 nitrogen and oxygen atoms in total. The van der Waals surface area contributed by atoms with Crippen LogP contribution in [-0.4, -0.2) is 42.2 Å². The number of likely N-dealkylation sites (N-methyl/N-ethyl adjacent to an activating group) is 1. The number of halogens is 1. The van der Waals surface area contributed by atoms with Gasteiger partial charge in [0.05, 0.1) is 10.6 Å². The molecule has 0 radical (unpaired) electrons. The molecule has 100 valence electrons. The third-order valence-corrected chi connectivity index (χ3v) is 3.02. The van der Waals surface area contributed by atoms with Crippen LogP contribution in [0.2, 0.25) is 0 Å². The fourth-order valence-corrected chi connectivity index (χ4v) is 2.08. The molecule has 0 saturated carbocycles. The monoisotopic (exact) mass is 315 g/mol. The lowest BCUT2D eigenvalue weighted by molar-refractivity contribution is -0.133. The number of amides is 1. The van der Waals surface area contributed by atoms with Gasteiger partial charge in [-0.05, 0) is 47.5 Å². The van der Waals surface area contributed by atoms with Crippen molar-refractivity contribution in [1.82, 2.24) is 4.90 Å². The summed E-state index contributed by atoms with van der Waals surface area (Å²) in [4.78, 5) is 13.2. The number of aryl methyl sites for hydroxylation is 1. The fourth-order valence-electron chi connectivity index (χ4n) is 1.47. The largest absolute Gasteiger partial charge is 0.483 e. The van der Waals surface area contributed by atoms with Gasteiger partial charge < -0.3 is 14.7 Å². The fraction of sp³-hybridized carbons (Fsp3) is 0.462. The summed E-state index contributed by atoms with van der Waals surface area (Å²) in [5, 5.41) is 9.19. The predicted molar refractivity (Wildman–Crippen MR) is 73.7 cm³/mol. The summed E-state index contributed by atoms with van der Waals surface area (Å²) in [5.74, 6) is 0.475. The van der Waals surface area contributed by atoms with Crippen molar-refractivity contribution in [3.63, 3.8) is 0 Å². The number of ether oxygens (including phenoxy) is 1. The summed E-state index contributed by atoms with van der Waals surface area (Å²) < 4.78 is 6.26. The van der Waals surface area contributed by atoms with Crippen molar-refractivity contribution in [1.29, 1.82) is 0 Å². The van der Waals surface area contributed by atoms with Crippen LogP contribution in [-0.2, 0) is 4.79 Å². The van der Waals surface area contributed by atoms with Gasteiger partial charge in [0.1, 0.15) is 5.75 Å². The van der Waals surface area contributed by atoms with Crippen LogP contribution in [0.1, 0.15) is 12.5 Å². The van der Waals surface area contributed by atoms with Crippen LogP contribution in [0.5, 0.6) is 5.75 Å². The number of hydrogen-bond acceptors (Lipinski definition) is 3. The molecule has 0 saturated heterocycles. The molecule has 1 aromatic carbocycles. The highest BCUT2D eigenvalue weighted by molar-refractivity contribution is 9.10. The van der Waals surface area contributed by atoms with Gasteiger partial charge >= 0.3 is 0 Å². The van der Waals surface area contributed by atoms with E-state index >= 15 is 0 Å². The second kappa shape index (κ2) is 6.75. The molecule has 18 heavy (non-hydrogen) atoms. The van der Waals surface area contributed by atoms with Crippen LogP contribution >= 0.6 is 15.9 Å². The number of rotatable bonds is 5. The van der Waals surface area contributed by atoms with Gasteiger partial charge in [-0.25, -0.2) is 0 Å². The molecule has 0 aromatic heterocycles. The number of hydrogen-bond donors (Lipinski definition) is 1. The molecular formula is C13H18BrNO3. The van der Waals surface area contributed by atoms with Crippen molar-refractivity contribution in [2.24, 2.45) is 0 Å². The van der Waals surface area contributed by atoms with Crippen molar-refractivity contribution >= 4 is 21.8 Å². The number of carbonyl (C=O) groups excluding carboxylic acids is 1. The van der Waals surface area contributed by atoms with Crippen molar-refractivity contribution < 1.29 is 14.6 Å². The maximum Gasteiger partial charge on any atom is 0.260 e. The van der Waals surface area contributed by atoms with Crippen molar-refractivity contribution in [3.05, 3.63) is 28.2 Å². The smallest absolute Gasteiger partial charge is 0.260 e. The summed E-state index contributed by atoms with van der Waals surface area (Å²) in [6.07, 6.45) is -0.537. The first-order chi connectivity index (χ1) is 8.40. The average Bonchev–Trinajstić information content (AvgIpc) is 2.26. The van der Waals surface area contributed by atoms with E-state index in [2.05, 4.69) is 15.9 Å². The second-order valence-corrected chi connectivity index (χ2v) is 5.20. The predicted octanol–water partition coefficient (Wildman–Crippen LogP) is 1.98. The topological polar surface area (TPSA) is 49.8 Å². The van der Waals surface area contributed by atoms with E-state index in [1.807, 2.05) is 25.1 Å². The van der Waals surface area contributed by atoms with Gasteiger partial charge in [0, 0.05) is 13.6 Å². The molecule has 1 rings (SSSR count). The maximum atomic E-state index is 11.7. The minimum absolute atomic E-state index is 0.0368. The molecule has 1 amide bonds. The first kappa shape index (κ1) is 15.0. The Morgan fingerprint density at radius 2 is 2.22 bits per heavy atom. The Kier molecular flexibility index (Phi) is 5.62. The summed E-state index contributed by atoms with van der Waals surface area (Å²) in [5.41, 5.74) is 1.12. The van der Waals surface area contributed by atoms with Crippen LogP contribution in [0.3, 0.4) is 0 Å². The molecule has 0 heterocycles. The number of nitrogens with zero attached hydrogens (tertiary/aromatic N) is 1. The van der Waals surface area contributed by atoms with E-state index in [-0.39, 0.29) is 12.5 Å². The van der Waals surface area contributed by atoms with E-state index in [1.54, 1.807) is 14.0 Å². The zero-order valence-corrected chi connectivity index (χ0v) is 12.4. The summed E-state index contributed by atoms with van der Waals surface area (Å²) in [6, 6.07) is 5.67. The van der Waals surface area contributed by atoms with Gasteiger partial charge in [0.15, 0.2) is 6.61 Å². The third kappa shape index (κ3) is 4.66. The summed E-state index contributed by atoms with van der Waals surface area (Å²) in [6.45, 7) is 3.89. The molecule has 0 fully saturated rings. The van der Waals surface area contributed by atoms with E-state index in [9.17, 15) is 9.90 Å². The van der Waals surface area contributed by atoms with Crippen LogP contribution < -0.4 is 4.74 Å². The Morgan fingerprint density at radius 3 is 2.78 bits per heavy atom. The molecular weight excluding hydrogens is 298 g/mol. The zero-order valence-electron chi connectivity index (χ0n) is 10.8. The number of aliphatic hydroxyl groups excluding tert-OH is 1. The van der Waals surface area contributed by atoms with Crippen molar-refractivity contribution in [2.75, 3.05) is 20.2 Å². The highest BCUT2D eigenvalue weighted by Gasteiger charge is 2.12. The van der Waals surface area contributed by atoms with Gasteiger partial charge in [0.25, 0.3) is 5.91 Å². The van der Waals surface area contributed by atoms with Crippen LogP contribution in [0, 0.1) is 6.92 Å². The van der Waals surface area contributed by atoms with Crippen LogP contribution in [0.4, 0.5) is 0 Å². The summed E-state index contributed by atoms with van der Waals surface area (Å²) in [7, 11) is 1.64. The van der Waals surface area contributed by atoms with Crippen molar-refractivity contribution in [3.8, 4) is 5.75 Å². The number of carbonyl (C=O) groups is 1. The highest BCUT2D eigenvalue weighted by atomic mass is 79.9. The maximum absolute atomic E-state index is 11.7. The quantitative estimate of drug-likeness (QED) is 0.904. The lowest BCUT2D eigenvalue weighted by atomic mass is 10.2. The average molecular weight is 316 g/mol. The van der Waals surface area contributed by atoms with E-state index in [1.165, 1.54) is 4.90 Å². The van der Waals surface area contributed by atoms with Crippen molar-refractivity contribution in [2.45, 2.75) is 20.0 Å². The molecule has 1 atom stereocenters. The highest BCUT2D eigenvalue weighted by Crippen LogP contribution is 2.25. The van der Waals surface area contributed by atoms with E-state index in [4.69, 9.17) is 4.74 Å². The first-order valence-corrected chi connectivity index (χ1v) is 6.50. The molecule has 0 aliphatic rings.